The number of nitrogens with one attached hydrogen (secondary N) is 1. The fraction of sp³-hybridized carbons (Fsp3) is 0.0800. The summed E-state index contributed by atoms with van der Waals surface area (Å²) in [6, 6.07) is 27.6. The minimum atomic E-state index is -0.227. The van der Waals surface area contributed by atoms with Crippen molar-refractivity contribution in [3.05, 3.63) is 103 Å². The first kappa shape index (κ1) is 19.3. The van der Waals surface area contributed by atoms with Crippen molar-refractivity contribution >= 4 is 5.91 Å². The molecule has 0 aliphatic rings. The second kappa shape index (κ2) is 9.47. The summed E-state index contributed by atoms with van der Waals surface area (Å²) in [5, 5.41) is 2.84. The summed E-state index contributed by atoms with van der Waals surface area (Å²) in [7, 11) is 0. The van der Waals surface area contributed by atoms with Crippen molar-refractivity contribution < 1.29 is 9.53 Å². The highest BCUT2D eigenvalue weighted by atomic mass is 16.5. The van der Waals surface area contributed by atoms with Crippen LogP contribution in [0.25, 0.3) is 22.5 Å². The molecular weight excluding hydrogens is 374 g/mol. The molecule has 5 nitrogen and oxygen atoms in total. The third kappa shape index (κ3) is 4.70. The summed E-state index contributed by atoms with van der Waals surface area (Å²) >= 11 is 0. The Bertz CT molecular complexity index is 1100. The van der Waals surface area contributed by atoms with Crippen LogP contribution in [0.3, 0.4) is 0 Å². The predicted octanol–water partition coefficient (Wildman–Crippen LogP) is 4.62. The van der Waals surface area contributed by atoms with Crippen LogP contribution in [0.4, 0.5) is 0 Å². The summed E-state index contributed by atoms with van der Waals surface area (Å²) < 4.78 is 5.91. The minimum absolute atomic E-state index is 0.227. The minimum Gasteiger partial charge on any atom is -0.491 e. The number of nitrogens with zero attached hydrogens (tertiary/aromatic N) is 2. The third-order valence-corrected chi connectivity index (χ3v) is 4.56. The molecule has 5 heteroatoms. The van der Waals surface area contributed by atoms with E-state index in [0.717, 1.165) is 22.4 Å². The first-order valence-electron chi connectivity index (χ1n) is 9.74. The van der Waals surface area contributed by atoms with Gasteiger partial charge in [0.05, 0.1) is 12.1 Å². The molecule has 0 aliphatic carbocycles. The van der Waals surface area contributed by atoms with E-state index in [9.17, 15) is 4.79 Å². The van der Waals surface area contributed by atoms with Gasteiger partial charge in [-0.05, 0) is 11.6 Å². The number of para-hydroxylation sites is 1. The fourth-order valence-corrected chi connectivity index (χ4v) is 3.06. The van der Waals surface area contributed by atoms with Gasteiger partial charge in [-0.1, -0.05) is 78.9 Å². The average molecular weight is 395 g/mol. The number of rotatable bonds is 7. The number of amides is 1. The number of aromatic nitrogens is 2. The predicted molar refractivity (Wildman–Crippen MR) is 117 cm³/mol. The number of benzene rings is 3. The van der Waals surface area contributed by atoms with Crippen LogP contribution in [0.5, 0.6) is 5.75 Å². The van der Waals surface area contributed by atoms with Crippen LogP contribution in [0.2, 0.25) is 0 Å². The number of hydrogen-bond acceptors (Lipinski definition) is 4. The van der Waals surface area contributed by atoms with Crippen LogP contribution in [-0.4, -0.2) is 29.0 Å². The van der Waals surface area contributed by atoms with E-state index in [2.05, 4.69) is 15.3 Å². The molecule has 0 saturated carbocycles. The zero-order valence-electron chi connectivity index (χ0n) is 16.4. The van der Waals surface area contributed by atoms with Gasteiger partial charge in [0.15, 0.2) is 5.82 Å². The highest BCUT2D eigenvalue weighted by Crippen LogP contribution is 2.29. The second-order valence-electron chi connectivity index (χ2n) is 6.63. The summed E-state index contributed by atoms with van der Waals surface area (Å²) in [5.41, 5.74) is 3.44. The smallest absolute Gasteiger partial charge is 0.254 e. The molecule has 0 fully saturated rings. The standard InChI is InChI=1S/C25H21N3O2/c29-25(21-17-27-24(28-18-21)20-11-5-2-6-12-20)26-15-16-30-23-14-8-7-13-22(23)19-9-3-1-4-10-19/h1-14,17-18H,15-16H2,(H,26,29). The molecule has 0 bridgehead atoms. The normalized spacial score (nSPS) is 10.4. The van der Waals surface area contributed by atoms with Crippen molar-refractivity contribution in [2.45, 2.75) is 0 Å². The molecule has 0 saturated heterocycles. The number of carbonyl (C=O) groups excluding carboxylic acids is 1. The lowest BCUT2D eigenvalue weighted by atomic mass is 10.1. The Morgan fingerprint density at radius 1 is 0.767 bits per heavy atom. The van der Waals surface area contributed by atoms with Crippen LogP contribution < -0.4 is 10.1 Å². The van der Waals surface area contributed by atoms with Gasteiger partial charge in [0.1, 0.15) is 12.4 Å². The molecule has 3 aromatic carbocycles. The van der Waals surface area contributed by atoms with E-state index in [-0.39, 0.29) is 5.91 Å². The molecule has 0 unspecified atom stereocenters. The Labute approximate surface area is 175 Å². The van der Waals surface area contributed by atoms with Crippen LogP contribution >= 0.6 is 0 Å². The van der Waals surface area contributed by atoms with E-state index in [4.69, 9.17) is 4.74 Å². The molecule has 4 rings (SSSR count). The Balaban J connectivity index is 1.32. The number of hydrogen-bond donors (Lipinski definition) is 1. The average Bonchev–Trinajstić information content (AvgIpc) is 2.83. The van der Waals surface area contributed by atoms with Gasteiger partial charge in [-0.3, -0.25) is 4.79 Å². The van der Waals surface area contributed by atoms with E-state index in [0.29, 0.717) is 24.5 Å². The van der Waals surface area contributed by atoms with Crippen molar-refractivity contribution in [2.24, 2.45) is 0 Å². The molecule has 1 amide bonds. The van der Waals surface area contributed by atoms with Crippen LogP contribution in [0, 0.1) is 0 Å². The summed E-state index contributed by atoms with van der Waals surface area (Å²) in [6.45, 7) is 0.737. The van der Waals surface area contributed by atoms with Crippen molar-refractivity contribution in [1.29, 1.82) is 0 Å². The monoisotopic (exact) mass is 395 g/mol. The second-order valence-corrected chi connectivity index (χ2v) is 6.63. The Hall–Kier alpha value is -3.99. The van der Waals surface area contributed by atoms with Crippen LogP contribution in [0.1, 0.15) is 10.4 Å². The topological polar surface area (TPSA) is 64.1 Å². The van der Waals surface area contributed by atoms with E-state index < -0.39 is 0 Å². The van der Waals surface area contributed by atoms with Crippen LogP contribution in [-0.2, 0) is 0 Å². The van der Waals surface area contributed by atoms with Gasteiger partial charge >= 0.3 is 0 Å². The number of carbonyl (C=O) groups is 1. The molecule has 0 spiro atoms. The van der Waals surface area contributed by atoms with Gasteiger partial charge in [0.2, 0.25) is 0 Å². The van der Waals surface area contributed by atoms with E-state index in [1.807, 2.05) is 84.9 Å². The van der Waals surface area contributed by atoms with Gasteiger partial charge in [0, 0.05) is 23.5 Å². The zero-order chi connectivity index (χ0) is 20.6. The van der Waals surface area contributed by atoms with Crippen molar-refractivity contribution in [2.75, 3.05) is 13.2 Å². The maximum Gasteiger partial charge on any atom is 0.254 e. The zero-order valence-corrected chi connectivity index (χ0v) is 16.4. The van der Waals surface area contributed by atoms with E-state index in [1.165, 1.54) is 12.4 Å². The SMILES string of the molecule is O=C(NCCOc1ccccc1-c1ccccc1)c1cnc(-c2ccccc2)nc1. The molecule has 1 N–H and O–H groups in total. The third-order valence-electron chi connectivity index (χ3n) is 4.56. The molecule has 0 aliphatic heterocycles. The Kier molecular flexibility index (Phi) is 6.11. The summed E-state index contributed by atoms with van der Waals surface area (Å²) in [6.07, 6.45) is 3.08. The molecule has 148 valence electrons. The molecule has 30 heavy (non-hydrogen) atoms. The summed E-state index contributed by atoms with van der Waals surface area (Å²) in [4.78, 5) is 20.9. The van der Waals surface area contributed by atoms with Gasteiger partial charge in [-0.25, -0.2) is 9.97 Å². The van der Waals surface area contributed by atoms with Crippen LogP contribution in [0.15, 0.2) is 97.3 Å². The van der Waals surface area contributed by atoms with Crippen molar-refractivity contribution in [3.63, 3.8) is 0 Å². The lowest BCUT2D eigenvalue weighted by Crippen LogP contribution is -2.28. The molecule has 4 aromatic rings. The molecular formula is C25H21N3O2. The van der Waals surface area contributed by atoms with E-state index >= 15 is 0 Å². The van der Waals surface area contributed by atoms with Gasteiger partial charge in [0.25, 0.3) is 5.91 Å². The number of ether oxygens (including phenoxy) is 1. The highest BCUT2D eigenvalue weighted by molar-refractivity contribution is 5.93. The lowest BCUT2D eigenvalue weighted by molar-refractivity contribution is 0.0946. The quantitative estimate of drug-likeness (QED) is 0.464. The van der Waals surface area contributed by atoms with Gasteiger partial charge < -0.3 is 10.1 Å². The molecule has 1 aromatic heterocycles. The maximum absolute atomic E-state index is 12.3. The Morgan fingerprint density at radius 3 is 2.07 bits per heavy atom. The molecule has 0 radical (unpaired) electrons. The highest BCUT2D eigenvalue weighted by Gasteiger charge is 2.09. The van der Waals surface area contributed by atoms with Gasteiger partial charge in [-0.15, -0.1) is 0 Å². The van der Waals surface area contributed by atoms with E-state index in [1.54, 1.807) is 0 Å². The summed E-state index contributed by atoms with van der Waals surface area (Å²) in [5.74, 6) is 1.15. The van der Waals surface area contributed by atoms with Crippen molar-refractivity contribution in [1.82, 2.24) is 15.3 Å². The maximum atomic E-state index is 12.3. The largest absolute Gasteiger partial charge is 0.491 e. The lowest BCUT2D eigenvalue weighted by Gasteiger charge is -2.12. The molecule has 0 atom stereocenters. The first-order valence-corrected chi connectivity index (χ1v) is 9.74. The molecule has 1 heterocycles. The fourth-order valence-electron chi connectivity index (χ4n) is 3.06. The Morgan fingerprint density at radius 2 is 1.37 bits per heavy atom. The van der Waals surface area contributed by atoms with Crippen molar-refractivity contribution in [3.8, 4) is 28.3 Å². The first-order chi connectivity index (χ1) is 14.8. The van der Waals surface area contributed by atoms with Gasteiger partial charge in [-0.2, -0.15) is 0 Å².